The normalized spacial score (nSPS) is 20.4. The Labute approximate surface area is 147 Å². The average molecular weight is 325 g/mol. The van der Waals surface area contributed by atoms with Crippen LogP contribution in [0.2, 0.25) is 0 Å². The van der Waals surface area contributed by atoms with Crippen molar-refractivity contribution in [1.82, 2.24) is 4.90 Å². The molecule has 0 radical (unpaired) electrons. The number of nitrogens with zero attached hydrogens (tertiary/aromatic N) is 1. The lowest BCUT2D eigenvalue weighted by molar-refractivity contribution is 0.0814. The standard InChI is InChI=1S/C22H31NO/c1-5-11-20(6-2)16-21-13-7-8-14-22(21)24-17-19(4)23-15-10-9-12-18(23)3/h5-8,11,13-14,18-19H,1-2,9-10,12,15-17H2,3-4H3/b20-11+/t18-,19+/m0/s1. The minimum absolute atomic E-state index is 0.441. The van der Waals surface area contributed by atoms with Gasteiger partial charge in [-0.2, -0.15) is 0 Å². The number of benzene rings is 1. The molecule has 1 fully saturated rings. The van der Waals surface area contributed by atoms with Crippen molar-refractivity contribution in [2.24, 2.45) is 0 Å². The Hall–Kier alpha value is -1.80. The average Bonchev–Trinajstić information content (AvgIpc) is 2.60. The zero-order valence-electron chi connectivity index (χ0n) is 15.2. The molecule has 1 aromatic carbocycles. The molecule has 1 aliphatic heterocycles. The molecule has 130 valence electrons. The Morgan fingerprint density at radius 3 is 2.83 bits per heavy atom. The van der Waals surface area contributed by atoms with Gasteiger partial charge in [0.25, 0.3) is 0 Å². The van der Waals surface area contributed by atoms with Gasteiger partial charge in [0.15, 0.2) is 0 Å². The number of piperidine rings is 1. The Balaban J connectivity index is 2.00. The van der Waals surface area contributed by atoms with Crippen LogP contribution >= 0.6 is 0 Å². The molecule has 1 aliphatic rings. The van der Waals surface area contributed by atoms with E-state index in [1.54, 1.807) is 6.08 Å². The molecule has 0 aromatic heterocycles. The second-order valence-electron chi connectivity index (χ2n) is 6.71. The van der Waals surface area contributed by atoms with Crippen LogP contribution in [0.25, 0.3) is 0 Å². The van der Waals surface area contributed by atoms with Crippen molar-refractivity contribution >= 4 is 0 Å². The van der Waals surface area contributed by atoms with E-state index in [1.165, 1.54) is 31.4 Å². The van der Waals surface area contributed by atoms with Crippen LogP contribution in [0.4, 0.5) is 0 Å². The van der Waals surface area contributed by atoms with Gasteiger partial charge in [-0.25, -0.2) is 0 Å². The van der Waals surface area contributed by atoms with E-state index in [0.29, 0.717) is 12.1 Å². The summed E-state index contributed by atoms with van der Waals surface area (Å²) in [6, 6.07) is 9.40. The van der Waals surface area contributed by atoms with Gasteiger partial charge in [0.1, 0.15) is 12.4 Å². The second kappa shape index (κ2) is 9.48. The number of allylic oxidation sites excluding steroid dienone is 4. The van der Waals surface area contributed by atoms with Gasteiger partial charge in [0.05, 0.1) is 0 Å². The zero-order valence-corrected chi connectivity index (χ0v) is 15.2. The van der Waals surface area contributed by atoms with Gasteiger partial charge in [-0.05, 0) is 50.4 Å². The molecule has 1 heterocycles. The third-order valence-corrected chi connectivity index (χ3v) is 4.86. The van der Waals surface area contributed by atoms with Gasteiger partial charge >= 0.3 is 0 Å². The molecular weight excluding hydrogens is 294 g/mol. The van der Waals surface area contributed by atoms with Crippen LogP contribution in [-0.2, 0) is 6.42 Å². The van der Waals surface area contributed by atoms with E-state index in [-0.39, 0.29) is 0 Å². The van der Waals surface area contributed by atoms with Crippen LogP contribution in [0, 0.1) is 0 Å². The molecule has 2 nitrogen and oxygen atoms in total. The second-order valence-corrected chi connectivity index (χ2v) is 6.71. The summed E-state index contributed by atoms with van der Waals surface area (Å²) in [5.41, 5.74) is 2.35. The molecule has 0 aliphatic carbocycles. The first-order valence-electron chi connectivity index (χ1n) is 9.06. The number of hydrogen-bond donors (Lipinski definition) is 0. The number of rotatable bonds is 8. The summed E-state index contributed by atoms with van der Waals surface area (Å²) in [6.07, 6.45) is 10.5. The molecule has 1 saturated heterocycles. The van der Waals surface area contributed by atoms with Gasteiger partial charge in [0.2, 0.25) is 0 Å². The van der Waals surface area contributed by atoms with E-state index in [9.17, 15) is 0 Å². The number of para-hydroxylation sites is 1. The maximum atomic E-state index is 6.20. The van der Waals surface area contributed by atoms with E-state index >= 15 is 0 Å². The molecule has 2 atom stereocenters. The van der Waals surface area contributed by atoms with Crippen molar-refractivity contribution in [2.75, 3.05) is 13.2 Å². The van der Waals surface area contributed by atoms with Crippen molar-refractivity contribution in [3.63, 3.8) is 0 Å². The van der Waals surface area contributed by atoms with E-state index in [4.69, 9.17) is 4.74 Å². The third-order valence-electron chi connectivity index (χ3n) is 4.86. The van der Waals surface area contributed by atoms with E-state index < -0.39 is 0 Å². The number of hydrogen-bond acceptors (Lipinski definition) is 2. The number of ether oxygens (including phenoxy) is 1. The Bertz CT molecular complexity index is 575. The smallest absolute Gasteiger partial charge is 0.122 e. The summed E-state index contributed by atoms with van der Waals surface area (Å²) < 4.78 is 6.20. The molecule has 0 amide bonds. The molecule has 0 bridgehead atoms. The molecular formula is C22H31NO. The highest BCUT2D eigenvalue weighted by atomic mass is 16.5. The monoisotopic (exact) mass is 325 g/mol. The largest absolute Gasteiger partial charge is 0.492 e. The van der Waals surface area contributed by atoms with Crippen molar-refractivity contribution in [2.45, 2.75) is 51.6 Å². The van der Waals surface area contributed by atoms with Crippen molar-refractivity contribution in [3.8, 4) is 5.75 Å². The highest BCUT2D eigenvalue weighted by molar-refractivity contribution is 5.39. The molecule has 2 rings (SSSR count). The van der Waals surface area contributed by atoms with Crippen molar-refractivity contribution < 1.29 is 4.74 Å². The maximum Gasteiger partial charge on any atom is 0.122 e. The molecule has 0 N–H and O–H groups in total. The molecule has 2 heteroatoms. The summed E-state index contributed by atoms with van der Waals surface area (Å²) in [4.78, 5) is 2.58. The lowest BCUT2D eigenvalue weighted by atomic mass is 10.0. The zero-order chi connectivity index (χ0) is 17.4. The summed E-state index contributed by atoms with van der Waals surface area (Å²) in [5, 5.41) is 0. The fourth-order valence-corrected chi connectivity index (χ4v) is 3.44. The van der Waals surface area contributed by atoms with Crippen molar-refractivity contribution in [3.05, 3.63) is 66.8 Å². The first-order chi connectivity index (χ1) is 11.7. The molecule has 0 saturated carbocycles. The van der Waals surface area contributed by atoms with Gasteiger partial charge in [-0.1, -0.05) is 56.0 Å². The van der Waals surface area contributed by atoms with Crippen LogP contribution in [0.15, 0.2) is 61.2 Å². The molecule has 1 aromatic rings. The Morgan fingerprint density at radius 1 is 1.33 bits per heavy atom. The fourth-order valence-electron chi connectivity index (χ4n) is 3.44. The van der Waals surface area contributed by atoms with E-state index in [1.807, 2.05) is 18.2 Å². The minimum Gasteiger partial charge on any atom is -0.492 e. The minimum atomic E-state index is 0.441. The lowest BCUT2D eigenvalue weighted by Crippen LogP contribution is -2.46. The van der Waals surface area contributed by atoms with E-state index in [2.05, 4.69) is 50.1 Å². The quantitative estimate of drug-likeness (QED) is 0.611. The van der Waals surface area contributed by atoms with Crippen LogP contribution < -0.4 is 4.74 Å². The Kier molecular flexibility index (Phi) is 7.33. The molecule has 0 unspecified atom stereocenters. The van der Waals surface area contributed by atoms with Crippen molar-refractivity contribution in [1.29, 1.82) is 0 Å². The topological polar surface area (TPSA) is 12.5 Å². The van der Waals surface area contributed by atoms with Gasteiger partial charge < -0.3 is 4.74 Å². The fraction of sp³-hybridized carbons (Fsp3) is 0.455. The Morgan fingerprint density at radius 2 is 2.12 bits per heavy atom. The molecule has 24 heavy (non-hydrogen) atoms. The third kappa shape index (κ3) is 5.10. The molecule has 0 spiro atoms. The number of likely N-dealkylation sites (tertiary alicyclic amines) is 1. The van der Waals surface area contributed by atoms with Gasteiger partial charge in [-0.3, -0.25) is 4.90 Å². The summed E-state index contributed by atoms with van der Waals surface area (Å²) in [6.45, 7) is 14.2. The first-order valence-corrected chi connectivity index (χ1v) is 9.06. The first kappa shape index (κ1) is 18.5. The predicted octanol–water partition coefficient (Wildman–Crippen LogP) is 5.17. The predicted molar refractivity (Wildman–Crippen MR) is 104 cm³/mol. The summed E-state index contributed by atoms with van der Waals surface area (Å²) in [5.74, 6) is 0.978. The van der Waals surface area contributed by atoms with E-state index in [0.717, 1.165) is 24.4 Å². The summed E-state index contributed by atoms with van der Waals surface area (Å²) in [7, 11) is 0. The maximum absolute atomic E-state index is 6.20. The lowest BCUT2D eigenvalue weighted by Gasteiger charge is -2.37. The highest BCUT2D eigenvalue weighted by Crippen LogP contribution is 2.24. The summed E-state index contributed by atoms with van der Waals surface area (Å²) >= 11 is 0. The van der Waals surface area contributed by atoms with Crippen LogP contribution in [0.3, 0.4) is 0 Å². The SMILES string of the molecule is C=C/C=C(\C=C)Cc1ccccc1OC[C@@H](C)N1CCCC[C@@H]1C. The van der Waals surface area contributed by atoms with Crippen LogP contribution in [0.5, 0.6) is 5.75 Å². The highest BCUT2D eigenvalue weighted by Gasteiger charge is 2.23. The van der Waals surface area contributed by atoms with Gasteiger partial charge in [-0.15, -0.1) is 0 Å². The van der Waals surface area contributed by atoms with Gasteiger partial charge in [0, 0.05) is 18.5 Å². The van der Waals surface area contributed by atoms with Crippen LogP contribution in [-0.4, -0.2) is 30.1 Å². The van der Waals surface area contributed by atoms with Crippen LogP contribution in [0.1, 0.15) is 38.7 Å².